The average molecular weight is 247 g/mol. The van der Waals surface area contributed by atoms with Crippen molar-refractivity contribution in [2.75, 3.05) is 12.3 Å². The molecule has 2 N–H and O–H groups in total. The summed E-state index contributed by atoms with van der Waals surface area (Å²) in [6.45, 7) is 4.80. The molecule has 0 saturated carbocycles. The zero-order valence-electron chi connectivity index (χ0n) is 10.2. The molecule has 0 radical (unpaired) electrons. The largest absolute Gasteiger partial charge is 0.493 e. The number of anilines is 1. The van der Waals surface area contributed by atoms with Crippen LogP contribution in [0.15, 0.2) is 30.3 Å². The summed E-state index contributed by atoms with van der Waals surface area (Å²) in [6.07, 6.45) is 1.02. The monoisotopic (exact) mass is 247 g/mol. The van der Waals surface area contributed by atoms with Crippen LogP contribution in [0.25, 0.3) is 11.1 Å². The highest BCUT2D eigenvalue weighted by Crippen LogP contribution is 2.38. The normalized spacial score (nSPS) is 10.5. The lowest BCUT2D eigenvalue weighted by molar-refractivity contribution is 0.341. The maximum absolute atomic E-state index is 6.08. The molecule has 17 heavy (non-hydrogen) atoms. The predicted molar refractivity (Wildman–Crippen MR) is 74.7 cm³/mol. The van der Waals surface area contributed by atoms with Crippen molar-refractivity contribution in [3.8, 4) is 16.9 Å². The fourth-order valence-corrected chi connectivity index (χ4v) is 2.70. The van der Waals surface area contributed by atoms with Gasteiger partial charge < -0.3 is 10.5 Å². The van der Waals surface area contributed by atoms with Crippen molar-refractivity contribution >= 4 is 16.3 Å². The quantitative estimate of drug-likeness (QED) is 0.887. The molecule has 2 aromatic rings. The molecule has 2 rings (SSSR count). The second kappa shape index (κ2) is 5.23. The molecule has 0 bridgehead atoms. The average Bonchev–Trinajstić information content (AvgIpc) is 2.72. The molecule has 1 aromatic heterocycles. The molecule has 3 heteroatoms. The van der Waals surface area contributed by atoms with Gasteiger partial charge in [0, 0.05) is 16.0 Å². The molecular formula is C14H17NOS. The van der Waals surface area contributed by atoms with Crippen LogP contribution in [0, 0.1) is 0 Å². The first kappa shape index (κ1) is 12.0. The van der Waals surface area contributed by atoms with Crippen LogP contribution in [0.1, 0.15) is 18.7 Å². The van der Waals surface area contributed by atoms with Gasteiger partial charge >= 0.3 is 0 Å². The van der Waals surface area contributed by atoms with Crippen molar-refractivity contribution in [1.82, 2.24) is 0 Å². The fourth-order valence-electron chi connectivity index (χ4n) is 1.81. The lowest BCUT2D eigenvalue weighted by Crippen LogP contribution is -1.94. The molecule has 0 spiro atoms. The predicted octanol–water partition coefficient (Wildman–Crippen LogP) is 3.96. The Morgan fingerprint density at radius 1 is 1.18 bits per heavy atom. The van der Waals surface area contributed by atoms with E-state index in [0.717, 1.165) is 28.3 Å². The van der Waals surface area contributed by atoms with Crippen molar-refractivity contribution in [2.24, 2.45) is 0 Å². The minimum Gasteiger partial charge on any atom is -0.493 e. The number of ether oxygens (including phenoxy) is 1. The van der Waals surface area contributed by atoms with Gasteiger partial charge in [-0.05, 0) is 25.5 Å². The maximum atomic E-state index is 6.08. The fraction of sp³-hybridized carbons (Fsp3) is 0.286. The topological polar surface area (TPSA) is 35.2 Å². The molecule has 0 fully saturated rings. The van der Waals surface area contributed by atoms with E-state index >= 15 is 0 Å². The van der Waals surface area contributed by atoms with Crippen LogP contribution >= 0.6 is 11.3 Å². The van der Waals surface area contributed by atoms with Crippen LogP contribution in [0.5, 0.6) is 5.75 Å². The summed E-state index contributed by atoms with van der Waals surface area (Å²) in [5, 5.41) is 0.869. The third-order valence-corrected chi connectivity index (χ3v) is 3.75. The summed E-state index contributed by atoms with van der Waals surface area (Å²) in [5.41, 5.74) is 8.26. The van der Waals surface area contributed by atoms with E-state index in [1.165, 1.54) is 4.88 Å². The molecule has 0 saturated heterocycles. The van der Waals surface area contributed by atoms with Crippen LogP contribution in [0.3, 0.4) is 0 Å². The molecule has 0 amide bonds. The van der Waals surface area contributed by atoms with Crippen molar-refractivity contribution in [2.45, 2.75) is 20.3 Å². The van der Waals surface area contributed by atoms with E-state index in [0.29, 0.717) is 6.61 Å². The van der Waals surface area contributed by atoms with Gasteiger partial charge in [-0.2, -0.15) is 0 Å². The molecule has 90 valence electrons. The second-order valence-electron chi connectivity index (χ2n) is 3.77. The Kier molecular flexibility index (Phi) is 3.69. The van der Waals surface area contributed by atoms with Crippen LogP contribution in [0.2, 0.25) is 0 Å². The number of aryl methyl sites for hydroxylation is 1. The molecular weight excluding hydrogens is 230 g/mol. The minimum atomic E-state index is 0.668. The van der Waals surface area contributed by atoms with Gasteiger partial charge in [0.15, 0.2) is 0 Å². The highest BCUT2D eigenvalue weighted by atomic mass is 32.1. The highest BCUT2D eigenvalue weighted by Gasteiger charge is 2.11. The molecule has 0 aliphatic carbocycles. The number of para-hydroxylation sites is 1. The maximum Gasteiger partial charge on any atom is 0.127 e. The van der Waals surface area contributed by atoms with Crippen molar-refractivity contribution in [1.29, 1.82) is 0 Å². The van der Waals surface area contributed by atoms with Gasteiger partial charge in [0.1, 0.15) is 5.75 Å². The third kappa shape index (κ3) is 2.44. The van der Waals surface area contributed by atoms with Crippen molar-refractivity contribution in [3.05, 3.63) is 35.2 Å². The third-order valence-electron chi connectivity index (χ3n) is 2.64. The van der Waals surface area contributed by atoms with Gasteiger partial charge in [-0.15, -0.1) is 11.3 Å². The minimum absolute atomic E-state index is 0.668. The highest BCUT2D eigenvalue weighted by molar-refractivity contribution is 7.16. The standard InChI is InChI=1S/C14H17NOS/c1-3-10-9-12(14(15)17-10)11-7-5-6-8-13(11)16-4-2/h5-9H,3-4,15H2,1-2H3. The molecule has 0 unspecified atom stereocenters. The second-order valence-corrected chi connectivity index (χ2v) is 4.94. The van der Waals surface area contributed by atoms with E-state index in [-0.39, 0.29) is 0 Å². The molecule has 0 aliphatic heterocycles. The summed E-state index contributed by atoms with van der Waals surface area (Å²) in [7, 11) is 0. The number of nitrogen functional groups attached to an aromatic ring is 1. The van der Waals surface area contributed by atoms with E-state index < -0.39 is 0 Å². The van der Waals surface area contributed by atoms with Gasteiger partial charge in [0.25, 0.3) is 0 Å². The lowest BCUT2D eigenvalue weighted by Gasteiger charge is -2.09. The van der Waals surface area contributed by atoms with Gasteiger partial charge in [-0.25, -0.2) is 0 Å². The Labute approximate surface area is 106 Å². The Morgan fingerprint density at radius 2 is 1.94 bits per heavy atom. The first-order valence-electron chi connectivity index (χ1n) is 5.86. The van der Waals surface area contributed by atoms with E-state index in [1.807, 2.05) is 25.1 Å². The number of nitrogens with two attached hydrogens (primary N) is 1. The smallest absolute Gasteiger partial charge is 0.127 e. The van der Waals surface area contributed by atoms with Crippen LogP contribution in [0.4, 0.5) is 5.00 Å². The summed E-state index contributed by atoms with van der Waals surface area (Å²) in [6, 6.07) is 10.2. The first-order valence-corrected chi connectivity index (χ1v) is 6.68. The Balaban J connectivity index is 2.47. The zero-order valence-corrected chi connectivity index (χ0v) is 11.0. The van der Waals surface area contributed by atoms with E-state index in [9.17, 15) is 0 Å². The molecule has 2 nitrogen and oxygen atoms in total. The number of benzene rings is 1. The molecule has 0 atom stereocenters. The molecule has 1 aromatic carbocycles. The van der Waals surface area contributed by atoms with Crippen LogP contribution in [-0.4, -0.2) is 6.61 Å². The van der Waals surface area contributed by atoms with Gasteiger partial charge in [0.2, 0.25) is 0 Å². The van der Waals surface area contributed by atoms with E-state index in [1.54, 1.807) is 11.3 Å². The number of rotatable bonds is 4. The summed E-state index contributed by atoms with van der Waals surface area (Å²) < 4.78 is 5.64. The number of thiophene rings is 1. The first-order chi connectivity index (χ1) is 8.26. The van der Waals surface area contributed by atoms with Crippen molar-refractivity contribution < 1.29 is 4.74 Å². The van der Waals surface area contributed by atoms with Crippen molar-refractivity contribution in [3.63, 3.8) is 0 Å². The van der Waals surface area contributed by atoms with Gasteiger partial charge in [0.05, 0.1) is 11.6 Å². The van der Waals surface area contributed by atoms with Crippen LogP contribution < -0.4 is 10.5 Å². The summed E-state index contributed by atoms with van der Waals surface area (Å²) in [5.74, 6) is 0.905. The van der Waals surface area contributed by atoms with E-state index in [4.69, 9.17) is 10.5 Å². The number of hydrogen-bond donors (Lipinski definition) is 1. The Hall–Kier alpha value is -1.48. The zero-order chi connectivity index (χ0) is 12.3. The Bertz CT molecular complexity index is 505. The lowest BCUT2D eigenvalue weighted by atomic mass is 10.1. The molecule has 1 heterocycles. The molecule has 0 aliphatic rings. The summed E-state index contributed by atoms with van der Waals surface area (Å²) in [4.78, 5) is 1.31. The van der Waals surface area contributed by atoms with Gasteiger partial charge in [-0.1, -0.05) is 25.1 Å². The number of hydrogen-bond acceptors (Lipinski definition) is 3. The van der Waals surface area contributed by atoms with Crippen LogP contribution in [-0.2, 0) is 6.42 Å². The van der Waals surface area contributed by atoms with E-state index in [2.05, 4.69) is 19.1 Å². The SMILES string of the molecule is CCOc1ccccc1-c1cc(CC)sc1N. The Morgan fingerprint density at radius 3 is 2.59 bits per heavy atom. The summed E-state index contributed by atoms with van der Waals surface area (Å²) >= 11 is 1.66. The van der Waals surface area contributed by atoms with Gasteiger partial charge in [-0.3, -0.25) is 0 Å².